The van der Waals surface area contributed by atoms with Gasteiger partial charge in [-0.25, -0.2) is 0 Å². The molecule has 1 unspecified atom stereocenters. The average molecular weight is 254 g/mol. The van der Waals surface area contributed by atoms with Crippen LogP contribution in [0.2, 0.25) is 0 Å². The average Bonchev–Trinajstić information content (AvgIpc) is 2.58. The second kappa shape index (κ2) is 6.38. The molecule has 1 aliphatic heterocycles. The van der Waals surface area contributed by atoms with E-state index in [0.29, 0.717) is 17.0 Å². The van der Waals surface area contributed by atoms with Gasteiger partial charge in [-0.3, -0.25) is 4.90 Å². The van der Waals surface area contributed by atoms with E-state index in [4.69, 9.17) is 0 Å². The molecule has 18 heavy (non-hydrogen) atoms. The van der Waals surface area contributed by atoms with Crippen LogP contribution in [-0.4, -0.2) is 36.1 Å². The molecule has 1 atom stereocenters. The molecular formula is C16H34N2. The van der Waals surface area contributed by atoms with Crippen molar-refractivity contribution in [1.29, 1.82) is 0 Å². The van der Waals surface area contributed by atoms with E-state index in [1.54, 1.807) is 0 Å². The highest BCUT2D eigenvalue weighted by atomic mass is 15.2. The fourth-order valence-electron chi connectivity index (χ4n) is 3.35. The molecule has 0 aliphatic carbocycles. The predicted molar refractivity (Wildman–Crippen MR) is 81.0 cm³/mol. The third-order valence-electron chi connectivity index (χ3n) is 5.09. The second-order valence-corrected chi connectivity index (χ2v) is 6.96. The number of rotatable bonds is 4. The van der Waals surface area contributed by atoms with Gasteiger partial charge in [-0.05, 0) is 44.2 Å². The van der Waals surface area contributed by atoms with Crippen molar-refractivity contribution in [3.63, 3.8) is 0 Å². The Morgan fingerprint density at radius 3 is 2.06 bits per heavy atom. The van der Waals surface area contributed by atoms with Gasteiger partial charge in [0.1, 0.15) is 0 Å². The van der Waals surface area contributed by atoms with Gasteiger partial charge in [-0.2, -0.15) is 0 Å². The summed E-state index contributed by atoms with van der Waals surface area (Å²) in [5, 5.41) is 3.75. The summed E-state index contributed by atoms with van der Waals surface area (Å²) in [6, 6.07) is 0.615. The van der Waals surface area contributed by atoms with Gasteiger partial charge in [-0.15, -0.1) is 0 Å². The van der Waals surface area contributed by atoms with Crippen LogP contribution in [0.5, 0.6) is 0 Å². The SMILES string of the molecule is CCC(CC)(CC)N1CCCNC(C(C)(C)C)C1. The van der Waals surface area contributed by atoms with Crippen LogP contribution in [0, 0.1) is 5.41 Å². The van der Waals surface area contributed by atoms with E-state index >= 15 is 0 Å². The fourth-order valence-corrected chi connectivity index (χ4v) is 3.35. The van der Waals surface area contributed by atoms with Crippen LogP contribution >= 0.6 is 0 Å². The van der Waals surface area contributed by atoms with Gasteiger partial charge < -0.3 is 5.32 Å². The lowest BCUT2D eigenvalue weighted by molar-refractivity contribution is 0.0578. The first-order valence-electron chi connectivity index (χ1n) is 7.88. The maximum atomic E-state index is 3.75. The van der Waals surface area contributed by atoms with Crippen LogP contribution < -0.4 is 5.32 Å². The predicted octanol–water partition coefficient (Wildman–Crippen LogP) is 3.67. The Labute approximate surface area is 115 Å². The molecule has 0 saturated carbocycles. The molecule has 0 aromatic rings. The normalized spacial score (nSPS) is 24.0. The molecule has 1 N–H and O–H groups in total. The van der Waals surface area contributed by atoms with Gasteiger partial charge in [0.05, 0.1) is 0 Å². The molecule has 2 heteroatoms. The maximum absolute atomic E-state index is 3.75. The largest absolute Gasteiger partial charge is 0.312 e. The molecule has 0 amide bonds. The molecule has 0 radical (unpaired) electrons. The van der Waals surface area contributed by atoms with Gasteiger partial charge in [0, 0.05) is 18.1 Å². The van der Waals surface area contributed by atoms with Gasteiger partial charge in [0.2, 0.25) is 0 Å². The molecule has 2 nitrogen and oxygen atoms in total. The quantitative estimate of drug-likeness (QED) is 0.823. The Kier molecular flexibility index (Phi) is 5.67. The van der Waals surface area contributed by atoms with Crippen molar-refractivity contribution in [2.45, 2.75) is 78.8 Å². The summed E-state index contributed by atoms with van der Waals surface area (Å²) >= 11 is 0. The zero-order valence-corrected chi connectivity index (χ0v) is 13.5. The molecule has 108 valence electrons. The van der Waals surface area contributed by atoms with Crippen LogP contribution in [-0.2, 0) is 0 Å². The first-order valence-corrected chi connectivity index (χ1v) is 7.88. The zero-order chi connectivity index (χ0) is 13.8. The highest BCUT2D eigenvalue weighted by Crippen LogP contribution is 2.31. The topological polar surface area (TPSA) is 15.3 Å². The molecule has 1 saturated heterocycles. The summed E-state index contributed by atoms with van der Waals surface area (Å²) < 4.78 is 0. The Balaban J connectivity index is 2.86. The highest BCUT2D eigenvalue weighted by molar-refractivity contribution is 4.94. The molecule has 1 aliphatic rings. The molecule has 0 bridgehead atoms. The molecule has 0 spiro atoms. The van der Waals surface area contributed by atoms with E-state index in [1.807, 2.05) is 0 Å². The molecule has 1 fully saturated rings. The number of hydrogen-bond acceptors (Lipinski definition) is 2. The third kappa shape index (κ3) is 3.48. The van der Waals surface area contributed by atoms with Gasteiger partial charge >= 0.3 is 0 Å². The van der Waals surface area contributed by atoms with Crippen LogP contribution in [0.1, 0.15) is 67.2 Å². The first kappa shape index (κ1) is 16.0. The summed E-state index contributed by atoms with van der Waals surface area (Å²) in [5.74, 6) is 0. The van der Waals surface area contributed by atoms with Crippen molar-refractivity contribution in [2.75, 3.05) is 19.6 Å². The minimum atomic E-state index is 0.351. The smallest absolute Gasteiger partial charge is 0.0243 e. The Morgan fingerprint density at radius 2 is 1.61 bits per heavy atom. The van der Waals surface area contributed by atoms with E-state index in [2.05, 4.69) is 51.8 Å². The monoisotopic (exact) mass is 254 g/mol. The van der Waals surface area contributed by atoms with Crippen LogP contribution in [0.3, 0.4) is 0 Å². The van der Waals surface area contributed by atoms with Crippen molar-refractivity contribution >= 4 is 0 Å². The second-order valence-electron chi connectivity index (χ2n) is 6.96. The molecule has 1 rings (SSSR count). The van der Waals surface area contributed by atoms with E-state index in [1.165, 1.54) is 45.3 Å². The van der Waals surface area contributed by atoms with Crippen molar-refractivity contribution in [2.24, 2.45) is 5.41 Å². The Hall–Kier alpha value is -0.0800. The molecule has 1 heterocycles. The standard InChI is InChI=1S/C16H34N2/c1-7-16(8-2,9-3)18-12-10-11-17-14(13-18)15(4,5)6/h14,17H,7-13H2,1-6H3. The summed E-state index contributed by atoms with van der Waals surface area (Å²) in [4.78, 5) is 2.78. The van der Waals surface area contributed by atoms with Crippen LogP contribution in [0.25, 0.3) is 0 Å². The fraction of sp³-hybridized carbons (Fsp3) is 1.00. The summed E-state index contributed by atoms with van der Waals surface area (Å²) in [5.41, 5.74) is 0.777. The molecule has 0 aromatic carbocycles. The lowest BCUT2D eigenvalue weighted by Gasteiger charge is -2.45. The maximum Gasteiger partial charge on any atom is 0.0243 e. The van der Waals surface area contributed by atoms with Crippen molar-refractivity contribution in [3.8, 4) is 0 Å². The Morgan fingerprint density at radius 1 is 1.06 bits per heavy atom. The first-order chi connectivity index (χ1) is 8.39. The van der Waals surface area contributed by atoms with Crippen molar-refractivity contribution in [1.82, 2.24) is 10.2 Å². The van der Waals surface area contributed by atoms with E-state index in [0.717, 1.165) is 0 Å². The van der Waals surface area contributed by atoms with E-state index in [9.17, 15) is 0 Å². The number of nitrogens with zero attached hydrogens (tertiary/aromatic N) is 1. The van der Waals surface area contributed by atoms with E-state index < -0.39 is 0 Å². The van der Waals surface area contributed by atoms with Crippen molar-refractivity contribution < 1.29 is 0 Å². The summed E-state index contributed by atoms with van der Waals surface area (Å²) in [6.07, 6.45) is 5.11. The third-order valence-corrected chi connectivity index (χ3v) is 5.09. The van der Waals surface area contributed by atoms with Gasteiger partial charge in [0.25, 0.3) is 0 Å². The molecular weight excluding hydrogens is 220 g/mol. The summed E-state index contributed by atoms with van der Waals surface area (Å²) in [7, 11) is 0. The number of hydrogen-bond donors (Lipinski definition) is 1. The van der Waals surface area contributed by atoms with Crippen molar-refractivity contribution in [3.05, 3.63) is 0 Å². The van der Waals surface area contributed by atoms with E-state index in [-0.39, 0.29) is 0 Å². The Bertz CT molecular complexity index is 230. The lowest BCUT2D eigenvalue weighted by atomic mass is 9.83. The summed E-state index contributed by atoms with van der Waals surface area (Å²) in [6.45, 7) is 17.8. The molecule has 0 aromatic heterocycles. The van der Waals surface area contributed by atoms with Crippen LogP contribution in [0.15, 0.2) is 0 Å². The van der Waals surface area contributed by atoms with Gasteiger partial charge in [0.15, 0.2) is 0 Å². The zero-order valence-electron chi connectivity index (χ0n) is 13.5. The van der Waals surface area contributed by atoms with Gasteiger partial charge in [-0.1, -0.05) is 41.5 Å². The highest BCUT2D eigenvalue weighted by Gasteiger charge is 2.36. The minimum Gasteiger partial charge on any atom is -0.312 e. The number of nitrogens with one attached hydrogen (secondary N) is 1. The minimum absolute atomic E-state index is 0.351. The lowest BCUT2D eigenvalue weighted by Crippen LogP contribution is -2.54. The van der Waals surface area contributed by atoms with Crippen LogP contribution in [0.4, 0.5) is 0 Å².